The number of hydrogen-bond acceptors (Lipinski definition) is 3. The van der Waals surface area contributed by atoms with Gasteiger partial charge in [0, 0.05) is 18.0 Å². The molecule has 0 aliphatic carbocycles. The Labute approximate surface area is 134 Å². The van der Waals surface area contributed by atoms with E-state index in [4.69, 9.17) is 11.6 Å². The molecule has 0 unspecified atom stereocenters. The lowest BCUT2D eigenvalue weighted by molar-refractivity contribution is 0.391. The molecule has 1 aliphatic heterocycles. The molecule has 0 saturated carbocycles. The number of hydrogen-bond donors (Lipinski definition) is 0. The zero-order valence-corrected chi connectivity index (χ0v) is 14.1. The van der Waals surface area contributed by atoms with E-state index in [1.807, 2.05) is 30.5 Å². The molecule has 0 N–H and O–H groups in total. The highest BCUT2D eigenvalue weighted by molar-refractivity contribution is 7.89. The summed E-state index contributed by atoms with van der Waals surface area (Å²) in [5.74, 6) is 0.234. The monoisotopic (exact) mass is 341 g/mol. The van der Waals surface area contributed by atoms with Crippen LogP contribution in [-0.4, -0.2) is 19.3 Å². The van der Waals surface area contributed by atoms with Crippen molar-refractivity contribution in [3.05, 3.63) is 51.2 Å². The number of alkyl halides is 1. The number of halogens is 1. The van der Waals surface area contributed by atoms with Gasteiger partial charge in [0.25, 0.3) is 0 Å². The zero-order chi connectivity index (χ0) is 15.0. The topological polar surface area (TPSA) is 37.4 Å². The largest absolute Gasteiger partial charge is 0.244 e. The number of rotatable bonds is 3. The molecule has 0 amide bonds. The molecule has 0 atom stereocenters. The van der Waals surface area contributed by atoms with Gasteiger partial charge in [-0.25, -0.2) is 8.42 Å². The fraction of sp³-hybridized carbons (Fsp3) is 0.333. The molecule has 1 aromatic heterocycles. The van der Waals surface area contributed by atoms with Crippen LogP contribution in [0.1, 0.15) is 21.6 Å². The molecule has 2 aromatic rings. The van der Waals surface area contributed by atoms with E-state index >= 15 is 0 Å². The Balaban J connectivity index is 1.99. The maximum Gasteiger partial charge on any atom is 0.244 e. The van der Waals surface area contributed by atoms with Crippen molar-refractivity contribution in [2.45, 2.75) is 30.7 Å². The van der Waals surface area contributed by atoms with Gasteiger partial charge >= 0.3 is 0 Å². The van der Waals surface area contributed by atoms with E-state index in [-0.39, 0.29) is 5.88 Å². The van der Waals surface area contributed by atoms with E-state index in [1.54, 1.807) is 4.31 Å². The lowest BCUT2D eigenvalue weighted by Crippen LogP contribution is -2.36. The quantitative estimate of drug-likeness (QED) is 0.801. The second-order valence-electron chi connectivity index (χ2n) is 5.16. The minimum Gasteiger partial charge on any atom is -0.207 e. The van der Waals surface area contributed by atoms with Crippen LogP contribution in [-0.2, 0) is 28.9 Å². The lowest BCUT2D eigenvalue weighted by atomic mass is 10.0. The molecular weight excluding hydrogens is 326 g/mol. The second-order valence-corrected chi connectivity index (χ2v) is 8.27. The van der Waals surface area contributed by atoms with Crippen LogP contribution in [0.15, 0.2) is 34.5 Å². The molecular formula is C15H16ClNO2S2. The smallest absolute Gasteiger partial charge is 0.207 e. The van der Waals surface area contributed by atoms with Gasteiger partial charge in [-0.2, -0.15) is 4.31 Å². The SMILES string of the molecule is Cc1csc(CCl)c1S(=O)(=O)N1CCc2ccccc2C1. The van der Waals surface area contributed by atoms with Crippen molar-refractivity contribution in [1.82, 2.24) is 4.31 Å². The van der Waals surface area contributed by atoms with E-state index in [0.717, 1.165) is 22.4 Å². The average Bonchev–Trinajstić information content (AvgIpc) is 2.88. The summed E-state index contributed by atoms with van der Waals surface area (Å²) in [6.07, 6.45) is 0.759. The number of aryl methyl sites for hydroxylation is 1. The summed E-state index contributed by atoms with van der Waals surface area (Å²) in [6.45, 7) is 2.79. The predicted molar refractivity (Wildman–Crippen MR) is 86.4 cm³/mol. The van der Waals surface area contributed by atoms with Gasteiger partial charge in [-0.15, -0.1) is 22.9 Å². The van der Waals surface area contributed by atoms with Crippen LogP contribution in [0, 0.1) is 6.92 Å². The summed E-state index contributed by atoms with van der Waals surface area (Å²) >= 11 is 7.31. The van der Waals surface area contributed by atoms with Crippen molar-refractivity contribution in [1.29, 1.82) is 0 Å². The van der Waals surface area contributed by atoms with Crippen LogP contribution >= 0.6 is 22.9 Å². The number of benzene rings is 1. The van der Waals surface area contributed by atoms with Crippen molar-refractivity contribution in [3.63, 3.8) is 0 Å². The minimum atomic E-state index is -3.48. The van der Waals surface area contributed by atoms with Crippen molar-refractivity contribution in [2.24, 2.45) is 0 Å². The fourth-order valence-corrected chi connectivity index (χ4v) is 6.16. The Morgan fingerprint density at radius 3 is 2.71 bits per heavy atom. The van der Waals surface area contributed by atoms with E-state index in [0.29, 0.717) is 18.0 Å². The normalized spacial score (nSPS) is 15.9. The van der Waals surface area contributed by atoms with Crippen LogP contribution < -0.4 is 0 Å². The predicted octanol–water partition coefficient (Wildman–Crippen LogP) is 3.54. The maximum absolute atomic E-state index is 12.9. The van der Waals surface area contributed by atoms with E-state index in [1.165, 1.54) is 16.9 Å². The van der Waals surface area contributed by atoms with Crippen LogP contribution in [0.4, 0.5) is 0 Å². The summed E-state index contributed by atoms with van der Waals surface area (Å²) in [4.78, 5) is 1.13. The maximum atomic E-state index is 12.9. The Hall–Kier alpha value is -0.880. The third-order valence-corrected chi connectivity index (χ3v) is 7.54. The summed E-state index contributed by atoms with van der Waals surface area (Å²) in [7, 11) is -3.48. The third kappa shape index (κ3) is 2.63. The Kier molecular flexibility index (Phi) is 4.10. The number of thiophene rings is 1. The molecule has 21 heavy (non-hydrogen) atoms. The molecule has 1 aromatic carbocycles. The Bertz CT molecular complexity index is 768. The highest BCUT2D eigenvalue weighted by atomic mass is 35.5. The molecule has 0 radical (unpaired) electrons. The Morgan fingerprint density at radius 1 is 1.29 bits per heavy atom. The molecule has 0 saturated heterocycles. The van der Waals surface area contributed by atoms with Crippen molar-refractivity contribution < 1.29 is 8.42 Å². The first-order chi connectivity index (χ1) is 10.0. The van der Waals surface area contributed by atoms with Crippen molar-refractivity contribution in [2.75, 3.05) is 6.54 Å². The van der Waals surface area contributed by atoms with Gasteiger partial charge in [0.2, 0.25) is 10.0 Å². The van der Waals surface area contributed by atoms with Crippen LogP contribution in [0.2, 0.25) is 0 Å². The minimum absolute atomic E-state index is 0.234. The summed E-state index contributed by atoms with van der Waals surface area (Å²) in [6, 6.07) is 8.02. The van der Waals surface area contributed by atoms with Gasteiger partial charge in [0.1, 0.15) is 4.90 Å². The van der Waals surface area contributed by atoms with Gasteiger partial charge in [-0.3, -0.25) is 0 Å². The molecule has 6 heteroatoms. The summed E-state index contributed by atoms with van der Waals surface area (Å²) < 4.78 is 27.4. The first-order valence-corrected chi connectivity index (χ1v) is 9.59. The van der Waals surface area contributed by atoms with Crippen LogP contribution in [0.5, 0.6) is 0 Å². The van der Waals surface area contributed by atoms with Gasteiger partial charge < -0.3 is 0 Å². The van der Waals surface area contributed by atoms with Crippen molar-refractivity contribution in [3.8, 4) is 0 Å². The Morgan fingerprint density at radius 2 is 2.00 bits per heavy atom. The fourth-order valence-electron chi connectivity index (χ4n) is 2.73. The first-order valence-electron chi connectivity index (χ1n) is 6.74. The number of sulfonamides is 1. The molecule has 0 bridgehead atoms. The van der Waals surface area contributed by atoms with Gasteiger partial charge in [0.05, 0.1) is 5.88 Å². The second kappa shape index (κ2) is 5.72. The van der Waals surface area contributed by atoms with Gasteiger partial charge in [0.15, 0.2) is 0 Å². The molecule has 1 aliphatic rings. The van der Waals surface area contributed by atoms with Gasteiger partial charge in [-0.1, -0.05) is 24.3 Å². The molecule has 112 valence electrons. The molecule has 2 heterocycles. The average molecular weight is 342 g/mol. The third-order valence-electron chi connectivity index (χ3n) is 3.80. The first kappa shape index (κ1) is 15.0. The molecule has 0 spiro atoms. The standard InChI is InChI=1S/C15H16ClNO2S2/c1-11-10-20-14(8-16)15(11)21(18,19)17-7-6-12-4-2-3-5-13(12)9-17/h2-5,10H,6-9H2,1H3. The zero-order valence-electron chi connectivity index (χ0n) is 11.7. The number of nitrogens with zero attached hydrogens (tertiary/aromatic N) is 1. The van der Waals surface area contributed by atoms with Crippen molar-refractivity contribution >= 4 is 33.0 Å². The lowest BCUT2D eigenvalue weighted by Gasteiger charge is -2.28. The number of fused-ring (bicyclic) bond motifs is 1. The van der Waals surface area contributed by atoms with E-state index in [2.05, 4.69) is 6.07 Å². The molecule has 0 fully saturated rings. The molecule has 3 rings (SSSR count). The summed E-state index contributed by atoms with van der Waals surface area (Å²) in [5.41, 5.74) is 3.12. The van der Waals surface area contributed by atoms with E-state index in [9.17, 15) is 8.42 Å². The van der Waals surface area contributed by atoms with E-state index < -0.39 is 10.0 Å². The van der Waals surface area contributed by atoms with Crippen LogP contribution in [0.3, 0.4) is 0 Å². The van der Waals surface area contributed by atoms with Gasteiger partial charge in [-0.05, 0) is 35.4 Å². The highest BCUT2D eigenvalue weighted by Gasteiger charge is 2.31. The summed E-state index contributed by atoms with van der Waals surface area (Å²) in [5, 5.41) is 1.86. The highest BCUT2D eigenvalue weighted by Crippen LogP contribution is 2.33. The molecule has 3 nitrogen and oxygen atoms in total. The van der Waals surface area contributed by atoms with Crippen LogP contribution in [0.25, 0.3) is 0 Å².